The molecule has 1 aromatic rings. The predicted molar refractivity (Wildman–Crippen MR) is 75.4 cm³/mol. The van der Waals surface area contributed by atoms with Crippen LogP contribution in [0, 0.1) is 17.2 Å². The second-order valence-corrected chi connectivity index (χ2v) is 4.76. The number of nitriles is 1. The van der Waals surface area contributed by atoms with Crippen LogP contribution in [0.2, 0.25) is 0 Å². The Labute approximate surface area is 115 Å². The molecule has 0 aliphatic rings. The van der Waals surface area contributed by atoms with Gasteiger partial charge in [-0.1, -0.05) is 32.0 Å². The molecule has 0 unspecified atom stereocenters. The molecule has 0 bridgehead atoms. The van der Waals surface area contributed by atoms with Gasteiger partial charge < -0.3 is 10.8 Å². The van der Waals surface area contributed by atoms with Crippen LogP contribution in [-0.2, 0) is 0 Å². The Balaban J connectivity index is 0.00000289. The van der Waals surface area contributed by atoms with Crippen molar-refractivity contribution in [1.82, 2.24) is 0 Å². The van der Waals surface area contributed by atoms with Gasteiger partial charge in [0, 0.05) is 0 Å². The smallest absolute Gasteiger partial charge is 0.0995 e. The van der Waals surface area contributed by atoms with Crippen LogP contribution in [0.5, 0.6) is 0 Å². The number of aliphatic hydroxyl groups excluding tert-OH is 1. The van der Waals surface area contributed by atoms with Crippen molar-refractivity contribution >= 4 is 12.4 Å². The van der Waals surface area contributed by atoms with Gasteiger partial charge in [-0.25, -0.2) is 0 Å². The molecule has 2 atom stereocenters. The van der Waals surface area contributed by atoms with Crippen molar-refractivity contribution in [3.8, 4) is 6.07 Å². The summed E-state index contributed by atoms with van der Waals surface area (Å²) in [5.41, 5.74) is 7.27. The minimum Gasteiger partial charge on any atom is -0.391 e. The lowest BCUT2D eigenvalue weighted by atomic mass is 9.93. The number of nitrogens with two attached hydrogens (primary N) is 1. The largest absolute Gasteiger partial charge is 0.391 e. The van der Waals surface area contributed by atoms with Crippen LogP contribution in [0.4, 0.5) is 0 Å². The SMILES string of the molecule is CC(C)CC[C@@H](O)[C@@H](N)c1ccccc1C#N.Cl. The lowest BCUT2D eigenvalue weighted by molar-refractivity contribution is 0.128. The van der Waals surface area contributed by atoms with Gasteiger partial charge in [0.05, 0.1) is 23.8 Å². The summed E-state index contributed by atoms with van der Waals surface area (Å²) in [5, 5.41) is 19.0. The lowest BCUT2D eigenvalue weighted by Crippen LogP contribution is -2.27. The highest BCUT2D eigenvalue weighted by Gasteiger charge is 2.19. The van der Waals surface area contributed by atoms with Crippen molar-refractivity contribution in [3.05, 3.63) is 35.4 Å². The summed E-state index contributed by atoms with van der Waals surface area (Å²) in [7, 11) is 0. The average Bonchev–Trinajstić information content (AvgIpc) is 2.34. The molecule has 18 heavy (non-hydrogen) atoms. The Morgan fingerprint density at radius 2 is 1.89 bits per heavy atom. The summed E-state index contributed by atoms with van der Waals surface area (Å²) in [4.78, 5) is 0. The van der Waals surface area contributed by atoms with E-state index in [4.69, 9.17) is 11.0 Å². The standard InChI is InChI=1S/C14H20N2O.ClH/c1-10(2)7-8-13(17)14(16)12-6-4-3-5-11(12)9-15;/h3-6,10,13-14,17H,7-8,16H2,1-2H3;1H/t13-,14+;/m1./s1. The topological polar surface area (TPSA) is 70.0 Å². The number of hydrogen-bond donors (Lipinski definition) is 2. The lowest BCUT2D eigenvalue weighted by Gasteiger charge is -2.20. The molecule has 100 valence electrons. The highest BCUT2D eigenvalue weighted by atomic mass is 35.5. The molecule has 1 aromatic carbocycles. The molecule has 3 nitrogen and oxygen atoms in total. The molecule has 0 amide bonds. The van der Waals surface area contributed by atoms with Crippen LogP contribution < -0.4 is 5.73 Å². The van der Waals surface area contributed by atoms with E-state index in [0.717, 1.165) is 12.0 Å². The molecule has 0 spiro atoms. The maximum atomic E-state index is 10.0. The maximum absolute atomic E-state index is 10.0. The van der Waals surface area contributed by atoms with Gasteiger partial charge in [0.15, 0.2) is 0 Å². The average molecular weight is 269 g/mol. The Bertz CT molecular complexity index is 401. The number of hydrogen-bond acceptors (Lipinski definition) is 3. The molecule has 0 aromatic heterocycles. The first kappa shape index (κ1) is 16.9. The number of rotatable bonds is 5. The number of halogens is 1. The van der Waals surface area contributed by atoms with Crippen molar-refractivity contribution in [3.63, 3.8) is 0 Å². The number of benzene rings is 1. The quantitative estimate of drug-likeness (QED) is 0.863. The first-order valence-corrected chi connectivity index (χ1v) is 5.99. The van der Waals surface area contributed by atoms with Crippen LogP contribution in [0.1, 0.15) is 43.9 Å². The summed E-state index contributed by atoms with van der Waals surface area (Å²) >= 11 is 0. The molecule has 0 aliphatic carbocycles. The zero-order valence-corrected chi connectivity index (χ0v) is 11.7. The third-order valence-corrected chi connectivity index (χ3v) is 2.89. The molecule has 3 N–H and O–H groups in total. The number of nitrogens with zero attached hydrogens (tertiary/aromatic N) is 1. The zero-order valence-electron chi connectivity index (χ0n) is 10.8. The Kier molecular flexibility index (Phi) is 7.61. The van der Waals surface area contributed by atoms with Crippen LogP contribution >= 0.6 is 12.4 Å². The van der Waals surface area contributed by atoms with E-state index in [2.05, 4.69) is 19.9 Å². The van der Waals surface area contributed by atoms with Crippen LogP contribution in [0.3, 0.4) is 0 Å². The molecule has 0 heterocycles. The van der Waals surface area contributed by atoms with Crippen LogP contribution in [0.15, 0.2) is 24.3 Å². The van der Waals surface area contributed by atoms with Crippen molar-refractivity contribution in [2.24, 2.45) is 11.7 Å². The van der Waals surface area contributed by atoms with Crippen molar-refractivity contribution in [2.75, 3.05) is 0 Å². The minimum absolute atomic E-state index is 0. The van der Waals surface area contributed by atoms with Crippen LogP contribution in [0.25, 0.3) is 0 Å². The normalized spacial score (nSPS) is 13.6. The molecule has 0 saturated heterocycles. The highest BCUT2D eigenvalue weighted by molar-refractivity contribution is 5.85. The van der Waals surface area contributed by atoms with E-state index >= 15 is 0 Å². The summed E-state index contributed by atoms with van der Waals surface area (Å²) in [5.74, 6) is 0.545. The molecule has 0 aliphatic heterocycles. The summed E-state index contributed by atoms with van der Waals surface area (Å²) in [6.45, 7) is 4.23. The van der Waals surface area contributed by atoms with Gasteiger partial charge in [0.25, 0.3) is 0 Å². The van der Waals surface area contributed by atoms with E-state index in [9.17, 15) is 5.11 Å². The molecule has 0 fully saturated rings. The predicted octanol–water partition coefficient (Wildman–Crippen LogP) is 2.78. The summed E-state index contributed by atoms with van der Waals surface area (Å²) < 4.78 is 0. The van der Waals surface area contributed by atoms with Crippen molar-refractivity contribution < 1.29 is 5.11 Å². The fourth-order valence-corrected chi connectivity index (χ4v) is 1.78. The first-order valence-electron chi connectivity index (χ1n) is 5.99. The second kappa shape index (κ2) is 8.10. The van der Waals surface area contributed by atoms with E-state index in [-0.39, 0.29) is 12.4 Å². The Morgan fingerprint density at radius 3 is 2.44 bits per heavy atom. The monoisotopic (exact) mass is 268 g/mol. The molecule has 1 rings (SSSR count). The highest BCUT2D eigenvalue weighted by Crippen LogP contribution is 2.22. The fraction of sp³-hybridized carbons (Fsp3) is 0.500. The van der Waals surface area contributed by atoms with Crippen molar-refractivity contribution in [1.29, 1.82) is 5.26 Å². The Hall–Kier alpha value is -1.08. The van der Waals surface area contributed by atoms with E-state index in [1.54, 1.807) is 12.1 Å². The first-order chi connectivity index (χ1) is 8.06. The maximum Gasteiger partial charge on any atom is 0.0995 e. The van der Waals surface area contributed by atoms with Gasteiger partial charge in [-0.05, 0) is 30.4 Å². The third-order valence-electron chi connectivity index (χ3n) is 2.89. The van der Waals surface area contributed by atoms with E-state index in [1.165, 1.54) is 0 Å². The van der Waals surface area contributed by atoms with Gasteiger partial charge >= 0.3 is 0 Å². The second-order valence-electron chi connectivity index (χ2n) is 4.76. The van der Waals surface area contributed by atoms with Crippen LogP contribution in [-0.4, -0.2) is 11.2 Å². The van der Waals surface area contributed by atoms with Gasteiger partial charge in [-0.3, -0.25) is 0 Å². The van der Waals surface area contributed by atoms with E-state index in [1.807, 2.05) is 12.1 Å². The van der Waals surface area contributed by atoms with E-state index in [0.29, 0.717) is 17.9 Å². The third kappa shape index (κ3) is 4.66. The molecule has 0 saturated carbocycles. The zero-order chi connectivity index (χ0) is 12.8. The molecular weight excluding hydrogens is 248 g/mol. The Morgan fingerprint density at radius 1 is 1.28 bits per heavy atom. The van der Waals surface area contributed by atoms with Gasteiger partial charge in [0.1, 0.15) is 0 Å². The minimum atomic E-state index is -0.591. The van der Waals surface area contributed by atoms with Crippen molar-refractivity contribution in [2.45, 2.75) is 38.8 Å². The van der Waals surface area contributed by atoms with Gasteiger partial charge in [-0.2, -0.15) is 5.26 Å². The molecule has 0 radical (unpaired) electrons. The fourth-order valence-electron chi connectivity index (χ4n) is 1.78. The number of aliphatic hydroxyl groups is 1. The summed E-state index contributed by atoms with van der Waals surface area (Å²) in [6, 6.07) is 8.80. The van der Waals surface area contributed by atoms with Gasteiger partial charge in [-0.15, -0.1) is 12.4 Å². The van der Waals surface area contributed by atoms with E-state index < -0.39 is 12.1 Å². The molecular formula is C14H21ClN2O. The summed E-state index contributed by atoms with van der Waals surface area (Å²) in [6.07, 6.45) is 1.01. The van der Waals surface area contributed by atoms with Gasteiger partial charge in [0.2, 0.25) is 0 Å². The molecule has 4 heteroatoms.